The summed E-state index contributed by atoms with van der Waals surface area (Å²) in [7, 11) is 3.19. The van der Waals surface area contributed by atoms with Crippen LogP contribution in [0.15, 0.2) is 18.2 Å². The fourth-order valence-corrected chi connectivity index (χ4v) is 2.86. The van der Waals surface area contributed by atoms with E-state index in [1.165, 1.54) is 0 Å². The number of anilines is 2. The number of hydrogen-bond donors (Lipinski definition) is 2. The van der Waals surface area contributed by atoms with Gasteiger partial charge in [-0.15, -0.1) is 0 Å². The molecule has 0 spiro atoms. The van der Waals surface area contributed by atoms with Crippen LogP contribution in [0.5, 0.6) is 17.2 Å². The summed E-state index contributed by atoms with van der Waals surface area (Å²) >= 11 is 0. The number of nitrogens with zero attached hydrogens (tertiary/aromatic N) is 2. The zero-order valence-electron chi connectivity index (χ0n) is 14.8. The zero-order valence-corrected chi connectivity index (χ0v) is 14.8. The number of benzene rings is 1. The van der Waals surface area contributed by atoms with Crippen LogP contribution in [-0.2, 0) is 6.42 Å². The maximum absolute atomic E-state index is 6.14. The second-order valence-corrected chi connectivity index (χ2v) is 6.37. The van der Waals surface area contributed by atoms with Gasteiger partial charge < -0.3 is 25.7 Å². The van der Waals surface area contributed by atoms with E-state index in [0.29, 0.717) is 29.5 Å². The lowest BCUT2D eigenvalue weighted by atomic mass is 9.95. The highest BCUT2D eigenvalue weighted by molar-refractivity contribution is 5.72. The van der Waals surface area contributed by atoms with Gasteiger partial charge in [-0.2, -0.15) is 4.98 Å². The number of nitrogens with two attached hydrogens (primary N) is 2. The summed E-state index contributed by atoms with van der Waals surface area (Å²) in [6.45, 7) is 3.97. The fourth-order valence-electron chi connectivity index (χ4n) is 2.86. The second kappa shape index (κ2) is 6.16. The van der Waals surface area contributed by atoms with E-state index in [0.717, 1.165) is 16.8 Å². The van der Waals surface area contributed by atoms with Crippen molar-refractivity contribution in [3.05, 3.63) is 35.0 Å². The first kappa shape index (κ1) is 16.9. The maximum atomic E-state index is 6.14. The Bertz CT molecular complexity index is 826. The van der Waals surface area contributed by atoms with Gasteiger partial charge in [-0.3, -0.25) is 0 Å². The topological polar surface area (TPSA) is 106 Å². The molecule has 1 aliphatic heterocycles. The first-order chi connectivity index (χ1) is 11.8. The van der Waals surface area contributed by atoms with E-state index in [4.69, 9.17) is 25.7 Å². The average molecular weight is 342 g/mol. The zero-order chi connectivity index (χ0) is 18.2. The predicted octanol–water partition coefficient (Wildman–Crippen LogP) is 2.43. The number of ether oxygens (including phenoxy) is 3. The Labute approximate surface area is 146 Å². The van der Waals surface area contributed by atoms with Crippen LogP contribution in [0.4, 0.5) is 11.8 Å². The minimum Gasteiger partial charge on any atom is -0.493 e. The van der Waals surface area contributed by atoms with Crippen LogP contribution in [0, 0.1) is 0 Å². The molecule has 0 atom stereocenters. The summed E-state index contributed by atoms with van der Waals surface area (Å²) in [5.74, 6) is 2.30. The highest BCUT2D eigenvalue weighted by atomic mass is 16.5. The Kier molecular flexibility index (Phi) is 4.16. The SMILES string of the molecule is COc1cc(Cc2cc(N)nc(N)n2)c2c(c1OC)OC(C)(C)C=C2. The molecule has 0 saturated heterocycles. The molecular formula is C18H22N4O3. The van der Waals surface area contributed by atoms with Crippen LogP contribution >= 0.6 is 0 Å². The van der Waals surface area contributed by atoms with Gasteiger partial charge in [0.15, 0.2) is 11.5 Å². The standard InChI is InChI=1S/C18H22N4O3/c1-18(2)6-5-12-10(7-11-9-14(19)22-17(20)21-11)8-13(23-3)16(24-4)15(12)25-18/h5-6,8-9H,7H2,1-4H3,(H4,19,20,21,22). The van der Waals surface area contributed by atoms with E-state index in [-0.39, 0.29) is 5.95 Å². The Balaban J connectivity index is 2.14. The predicted molar refractivity (Wildman–Crippen MR) is 96.9 cm³/mol. The number of fused-ring (bicyclic) bond motifs is 1. The number of methoxy groups -OCH3 is 2. The fraction of sp³-hybridized carbons (Fsp3) is 0.333. The van der Waals surface area contributed by atoms with Gasteiger partial charge in [0.05, 0.1) is 19.9 Å². The van der Waals surface area contributed by atoms with Crippen LogP contribution in [0.25, 0.3) is 6.08 Å². The molecule has 7 heteroatoms. The van der Waals surface area contributed by atoms with E-state index in [1.54, 1.807) is 20.3 Å². The molecule has 132 valence electrons. The molecule has 1 aromatic carbocycles. The van der Waals surface area contributed by atoms with Gasteiger partial charge in [-0.1, -0.05) is 6.08 Å². The maximum Gasteiger partial charge on any atom is 0.222 e. The van der Waals surface area contributed by atoms with Crippen molar-refractivity contribution in [2.24, 2.45) is 0 Å². The number of rotatable bonds is 4. The molecule has 0 unspecified atom stereocenters. The minimum absolute atomic E-state index is 0.150. The number of nitrogen functional groups attached to an aromatic ring is 2. The molecule has 0 bridgehead atoms. The third kappa shape index (κ3) is 3.31. The molecule has 4 N–H and O–H groups in total. The molecule has 1 aliphatic rings. The van der Waals surface area contributed by atoms with Gasteiger partial charge in [0.1, 0.15) is 11.4 Å². The molecule has 1 aromatic heterocycles. The van der Waals surface area contributed by atoms with Crippen molar-refractivity contribution in [3.63, 3.8) is 0 Å². The highest BCUT2D eigenvalue weighted by Gasteiger charge is 2.29. The van der Waals surface area contributed by atoms with Crippen molar-refractivity contribution in [1.29, 1.82) is 0 Å². The Morgan fingerprint density at radius 2 is 1.88 bits per heavy atom. The molecule has 2 heterocycles. The first-order valence-electron chi connectivity index (χ1n) is 7.88. The summed E-state index contributed by atoms with van der Waals surface area (Å²) in [5, 5.41) is 0. The molecule has 25 heavy (non-hydrogen) atoms. The second-order valence-electron chi connectivity index (χ2n) is 6.37. The summed E-state index contributed by atoms with van der Waals surface area (Å²) in [6.07, 6.45) is 4.55. The molecule has 0 radical (unpaired) electrons. The Morgan fingerprint density at radius 1 is 1.12 bits per heavy atom. The molecule has 0 aliphatic carbocycles. The molecular weight excluding hydrogens is 320 g/mol. The van der Waals surface area contributed by atoms with Crippen molar-refractivity contribution in [3.8, 4) is 17.2 Å². The van der Waals surface area contributed by atoms with Crippen LogP contribution in [0.1, 0.15) is 30.7 Å². The van der Waals surface area contributed by atoms with Crippen molar-refractivity contribution >= 4 is 17.8 Å². The van der Waals surface area contributed by atoms with E-state index >= 15 is 0 Å². The van der Waals surface area contributed by atoms with Gasteiger partial charge >= 0.3 is 0 Å². The third-order valence-electron chi connectivity index (χ3n) is 3.95. The van der Waals surface area contributed by atoms with E-state index in [1.807, 2.05) is 32.1 Å². The minimum atomic E-state index is -0.437. The molecule has 0 amide bonds. The lowest BCUT2D eigenvalue weighted by Crippen LogP contribution is -2.28. The molecule has 2 aromatic rings. The Morgan fingerprint density at radius 3 is 2.52 bits per heavy atom. The summed E-state index contributed by atoms with van der Waals surface area (Å²) < 4.78 is 17.1. The Hall–Kier alpha value is -2.96. The molecule has 0 saturated carbocycles. The smallest absolute Gasteiger partial charge is 0.222 e. The van der Waals surface area contributed by atoms with Crippen molar-refractivity contribution in [1.82, 2.24) is 9.97 Å². The van der Waals surface area contributed by atoms with Gasteiger partial charge in [-0.25, -0.2) is 4.98 Å². The third-order valence-corrected chi connectivity index (χ3v) is 3.95. The van der Waals surface area contributed by atoms with Crippen LogP contribution < -0.4 is 25.7 Å². The summed E-state index contributed by atoms with van der Waals surface area (Å²) in [6, 6.07) is 3.62. The summed E-state index contributed by atoms with van der Waals surface area (Å²) in [4.78, 5) is 8.16. The van der Waals surface area contributed by atoms with Crippen molar-refractivity contribution in [2.75, 3.05) is 25.7 Å². The number of aromatic nitrogens is 2. The van der Waals surface area contributed by atoms with E-state index < -0.39 is 5.60 Å². The number of hydrogen-bond acceptors (Lipinski definition) is 7. The van der Waals surface area contributed by atoms with E-state index in [9.17, 15) is 0 Å². The molecule has 0 fully saturated rings. The molecule has 7 nitrogen and oxygen atoms in total. The summed E-state index contributed by atoms with van der Waals surface area (Å²) in [5.41, 5.74) is 13.7. The van der Waals surface area contributed by atoms with Crippen LogP contribution in [0.3, 0.4) is 0 Å². The normalized spacial score (nSPS) is 14.6. The highest BCUT2D eigenvalue weighted by Crippen LogP contribution is 2.46. The van der Waals surface area contributed by atoms with Crippen LogP contribution in [0.2, 0.25) is 0 Å². The van der Waals surface area contributed by atoms with Gasteiger partial charge in [0.2, 0.25) is 11.7 Å². The lowest BCUT2D eigenvalue weighted by molar-refractivity contribution is 0.150. The average Bonchev–Trinajstić information content (AvgIpc) is 2.52. The van der Waals surface area contributed by atoms with E-state index in [2.05, 4.69) is 9.97 Å². The quantitative estimate of drug-likeness (QED) is 0.879. The monoisotopic (exact) mass is 342 g/mol. The lowest BCUT2D eigenvalue weighted by Gasteiger charge is -2.30. The van der Waals surface area contributed by atoms with Gasteiger partial charge in [0, 0.05) is 18.1 Å². The van der Waals surface area contributed by atoms with Crippen molar-refractivity contribution < 1.29 is 14.2 Å². The van der Waals surface area contributed by atoms with Gasteiger partial charge in [0.25, 0.3) is 0 Å². The van der Waals surface area contributed by atoms with Gasteiger partial charge in [-0.05, 0) is 31.6 Å². The first-order valence-corrected chi connectivity index (χ1v) is 7.88. The van der Waals surface area contributed by atoms with Crippen molar-refractivity contribution in [2.45, 2.75) is 25.9 Å². The largest absolute Gasteiger partial charge is 0.493 e. The molecule has 3 rings (SSSR count). The van der Waals surface area contributed by atoms with Crippen LogP contribution in [-0.4, -0.2) is 29.8 Å².